The van der Waals surface area contributed by atoms with Crippen molar-refractivity contribution in [2.24, 2.45) is 5.92 Å². The average Bonchev–Trinajstić information content (AvgIpc) is 2.62. The fourth-order valence-electron chi connectivity index (χ4n) is 3.33. The molecule has 160 valence electrons. The number of alkyl halides is 3. The van der Waals surface area contributed by atoms with Crippen LogP contribution in [0.15, 0.2) is 34.1 Å². The maximum Gasteiger partial charge on any atom is 0.391 e. The van der Waals surface area contributed by atoms with Crippen molar-refractivity contribution >= 4 is 20.0 Å². The number of sulfonamides is 2. The van der Waals surface area contributed by atoms with E-state index in [2.05, 4.69) is 4.72 Å². The number of hydrogen-bond donors (Lipinski definition) is 1. The molecular weight excluding hydrogens is 417 g/mol. The van der Waals surface area contributed by atoms with Crippen LogP contribution in [0.25, 0.3) is 0 Å². The third-order valence-corrected chi connectivity index (χ3v) is 8.59. The Morgan fingerprint density at radius 1 is 0.929 bits per heavy atom. The van der Waals surface area contributed by atoms with Crippen LogP contribution in [0.4, 0.5) is 13.2 Å². The molecule has 1 N–H and O–H groups in total. The largest absolute Gasteiger partial charge is 0.391 e. The fourth-order valence-corrected chi connectivity index (χ4v) is 6.09. The quantitative estimate of drug-likeness (QED) is 0.703. The molecule has 0 unspecified atom stereocenters. The summed E-state index contributed by atoms with van der Waals surface area (Å²) in [6.45, 7) is 4.00. The first-order chi connectivity index (χ1) is 12.9. The molecule has 0 heterocycles. The Bertz CT molecular complexity index is 857. The molecule has 1 aliphatic rings. The molecule has 1 fully saturated rings. The lowest BCUT2D eigenvalue weighted by Crippen LogP contribution is -2.40. The topological polar surface area (TPSA) is 83.6 Å². The van der Waals surface area contributed by atoms with Crippen LogP contribution in [0, 0.1) is 5.92 Å². The Morgan fingerprint density at radius 3 is 1.82 bits per heavy atom. The van der Waals surface area contributed by atoms with Crippen LogP contribution in [0.3, 0.4) is 0 Å². The molecule has 0 bridgehead atoms. The van der Waals surface area contributed by atoms with Gasteiger partial charge in [0.1, 0.15) is 0 Å². The molecule has 1 aliphatic carbocycles. The van der Waals surface area contributed by atoms with E-state index in [-0.39, 0.29) is 35.5 Å². The summed E-state index contributed by atoms with van der Waals surface area (Å²) in [6, 6.07) is 4.27. The number of nitrogens with one attached hydrogen (secondary N) is 1. The second-order valence-corrected chi connectivity index (χ2v) is 10.4. The van der Waals surface area contributed by atoms with Crippen molar-refractivity contribution in [1.29, 1.82) is 0 Å². The molecule has 0 aliphatic heterocycles. The van der Waals surface area contributed by atoms with Gasteiger partial charge in [-0.1, -0.05) is 13.8 Å². The lowest BCUT2D eigenvalue weighted by molar-refractivity contribution is -0.182. The summed E-state index contributed by atoms with van der Waals surface area (Å²) in [7, 11) is -7.65. The molecule has 11 heteroatoms. The van der Waals surface area contributed by atoms with E-state index in [1.165, 1.54) is 28.6 Å². The van der Waals surface area contributed by atoms with Crippen LogP contribution in [0.2, 0.25) is 0 Å². The maximum absolute atomic E-state index is 12.7. The molecule has 0 atom stereocenters. The number of rotatable bonds is 7. The fraction of sp³-hybridized carbons (Fsp3) is 0.647. The van der Waals surface area contributed by atoms with Gasteiger partial charge in [0, 0.05) is 19.1 Å². The summed E-state index contributed by atoms with van der Waals surface area (Å²) in [6.07, 6.45) is -4.26. The first-order valence-corrected chi connectivity index (χ1v) is 12.0. The van der Waals surface area contributed by atoms with E-state index >= 15 is 0 Å². The maximum atomic E-state index is 12.7. The number of hydrogen-bond acceptors (Lipinski definition) is 4. The van der Waals surface area contributed by atoms with E-state index in [4.69, 9.17) is 0 Å². The van der Waals surface area contributed by atoms with E-state index < -0.39 is 38.2 Å². The normalized spacial score (nSPS) is 21.8. The monoisotopic (exact) mass is 442 g/mol. The SMILES string of the molecule is CCN(CC)S(=O)(=O)c1ccc(S(=O)(=O)NC2CCC(C(F)(F)F)CC2)cc1. The van der Waals surface area contributed by atoms with Crippen LogP contribution in [-0.4, -0.2) is 46.4 Å². The number of nitrogens with zero attached hydrogens (tertiary/aromatic N) is 1. The molecule has 0 amide bonds. The highest BCUT2D eigenvalue weighted by molar-refractivity contribution is 7.89. The third-order valence-electron chi connectivity index (χ3n) is 4.99. The molecule has 1 aromatic carbocycles. The first kappa shape index (κ1) is 23.1. The minimum atomic E-state index is -4.25. The van der Waals surface area contributed by atoms with Gasteiger partial charge in [-0.3, -0.25) is 0 Å². The third kappa shape index (κ3) is 5.25. The zero-order valence-corrected chi connectivity index (χ0v) is 17.4. The van der Waals surface area contributed by atoms with Gasteiger partial charge in [0.05, 0.1) is 15.7 Å². The number of benzene rings is 1. The Kier molecular flexibility index (Phi) is 7.17. The summed E-state index contributed by atoms with van der Waals surface area (Å²) < 4.78 is 91.7. The molecule has 0 saturated heterocycles. The van der Waals surface area contributed by atoms with E-state index in [1.807, 2.05) is 0 Å². The molecular formula is C17H25F3N2O4S2. The molecule has 1 aromatic rings. The van der Waals surface area contributed by atoms with Crippen molar-refractivity contribution in [2.75, 3.05) is 13.1 Å². The lowest BCUT2D eigenvalue weighted by atomic mass is 9.86. The van der Waals surface area contributed by atoms with Gasteiger partial charge in [-0.15, -0.1) is 0 Å². The zero-order chi connectivity index (χ0) is 21.2. The number of halogens is 3. The van der Waals surface area contributed by atoms with Gasteiger partial charge < -0.3 is 0 Å². The average molecular weight is 443 g/mol. The van der Waals surface area contributed by atoms with E-state index in [0.29, 0.717) is 13.1 Å². The zero-order valence-electron chi connectivity index (χ0n) is 15.7. The Morgan fingerprint density at radius 2 is 1.39 bits per heavy atom. The lowest BCUT2D eigenvalue weighted by Gasteiger charge is -2.30. The molecule has 2 rings (SSSR count). The smallest absolute Gasteiger partial charge is 0.208 e. The van der Waals surface area contributed by atoms with Gasteiger partial charge in [0.2, 0.25) is 20.0 Å². The molecule has 0 spiro atoms. The molecule has 0 radical (unpaired) electrons. The van der Waals surface area contributed by atoms with E-state index in [1.54, 1.807) is 13.8 Å². The van der Waals surface area contributed by atoms with E-state index in [0.717, 1.165) is 0 Å². The predicted molar refractivity (Wildman–Crippen MR) is 98.7 cm³/mol. The summed E-state index contributed by atoms with van der Waals surface area (Å²) in [5.41, 5.74) is 0. The summed E-state index contributed by atoms with van der Waals surface area (Å²) in [5.74, 6) is -1.39. The van der Waals surface area contributed by atoms with Gasteiger partial charge in [0.25, 0.3) is 0 Å². The van der Waals surface area contributed by atoms with Crippen LogP contribution < -0.4 is 4.72 Å². The minimum absolute atomic E-state index is 0.0131. The van der Waals surface area contributed by atoms with Crippen molar-refractivity contribution in [3.05, 3.63) is 24.3 Å². The summed E-state index contributed by atoms with van der Waals surface area (Å²) in [4.78, 5) is -0.134. The van der Waals surface area contributed by atoms with Gasteiger partial charge in [-0.25, -0.2) is 21.6 Å². The van der Waals surface area contributed by atoms with Crippen LogP contribution >= 0.6 is 0 Å². The highest BCUT2D eigenvalue weighted by atomic mass is 32.2. The van der Waals surface area contributed by atoms with Gasteiger partial charge in [-0.05, 0) is 49.9 Å². The Hall–Kier alpha value is -1.17. The Labute approximate surface area is 164 Å². The summed E-state index contributed by atoms with van der Waals surface area (Å²) in [5, 5.41) is 0. The van der Waals surface area contributed by atoms with Gasteiger partial charge in [-0.2, -0.15) is 17.5 Å². The van der Waals surface area contributed by atoms with Crippen molar-refractivity contribution in [3.63, 3.8) is 0 Å². The molecule has 0 aromatic heterocycles. The van der Waals surface area contributed by atoms with Crippen LogP contribution in [-0.2, 0) is 20.0 Å². The standard InChI is InChI=1S/C17H25F3N2O4S2/c1-3-22(4-2)28(25,26)16-11-9-15(10-12-16)27(23,24)21-14-7-5-13(6-8-14)17(18,19)20/h9-14,21H,3-8H2,1-2H3. The highest BCUT2D eigenvalue weighted by Gasteiger charge is 2.41. The molecule has 1 saturated carbocycles. The van der Waals surface area contributed by atoms with Crippen LogP contribution in [0.1, 0.15) is 39.5 Å². The summed E-state index contributed by atoms with van der Waals surface area (Å²) >= 11 is 0. The second kappa shape index (κ2) is 8.68. The minimum Gasteiger partial charge on any atom is -0.208 e. The predicted octanol–water partition coefficient (Wildman–Crippen LogP) is 3.12. The van der Waals surface area contributed by atoms with Gasteiger partial charge >= 0.3 is 6.18 Å². The van der Waals surface area contributed by atoms with Gasteiger partial charge in [0.15, 0.2) is 0 Å². The van der Waals surface area contributed by atoms with Crippen LogP contribution in [0.5, 0.6) is 0 Å². The highest BCUT2D eigenvalue weighted by Crippen LogP contribution is 2.37. The van der Waals surface area contributed by atoms with Crippen molar-refractivity contribution < 1.29 is 30.0 Å². The van der Waals surface area contributed by atoms with Crippen molar-refractivity contribution in [1.82, 2.24) is 9.03 Å². The van der Waals surface area contributed by atoms with Crippen molar-refractivity contribution in [2.45, 2.75) is 61.5 Å². The second-order valence-electron chi connectivity index (χ2n) is 6.77. The molecule has 28 heavy (non-hydrogen) atoms. The Balaban J connectivity index is 2.09. The molecule has 6 nitrogen and oxygen atoms in total. The first-order valence-electron chi connectivity index (χ1n) is 9.11. The van der Waals surface area contributed by atoms with E-state index in [9.17, 15) is 30.0 Å². The van der Waals surface area contributed by atoms with Crippen molar-refractivity contribution in [3.8, 4) is 0 Å².